The van der Waals surface area contributed by atoms with Gasteiger partial charge in [-0.15, -0.1) is 0 Å². The Labute approximate surface area is 207 Å². The van der Waals surface area contributed by atoms with E-state index < -0.39 is 0 Å². The summed E-state index contributed by atoms with van der Waals surface area (Å²) in [6.07, 6.45) is 0.754. The molecule has 2 aliphatic heterocycles. The largest absolute Gasteiger partial charge is 0.494 e. The van der Waals surface area contributed by atoms with Gasteiger partial charge in [0.2, 0.25) is 0 Å². The Hall–Kier alpha value is -2.42. The number of halogens is 1. The summed E-state index contributed by atoms with van der Waals surface area (Å²) in [7, 11) is 0. The highest BCUT2D eigenvalue weighted by atomic mass is 32.1. The van der Waals surface area contributed by atoms with Crippen molar-refractivity contribution in [3.63, 3.8) is 0 Å². The summed E-state index contributed by atoms with van der Waals surface area (Å²) >= 11 is 5.91. The molecule has 1 atom stereocenters. The molecule has 6 nitrogen and oxygen atoms in total. The van der Waals surface area contributed by atoms with E-state index in [1.54, 1.807) is 6.07 Å². The molecule has 8 heteroatoms. The number of rotatable bonds is 7. The molecule has 2 aromatic rings. The molecule has 0 bridgehead atoms. The van der Waals surface area contributed by atoms with Crippen molar-refractivity contribution in [2.45, 2.75) is 38.8 Å². The summed E-state index contributed by atoms with van der Waals surface area (Å²) in [5, 5.41) is 3.83. The average Bonchev–Trinajstić information content (AvgIpc) is 2.80. The minimum atomic E-state index is -0.365. The Morgan fingerprint density at radius 3 is 2.76 bits per heavy atom. The van der Waals surface area contributed by atoms with Gasteiger partial charge in [0.1, 0.15) is 22.9 Å². The second-order valence-electron chi connectivity index (χ2n) is 9.30. The molecule has 34 heavy (non-hydrogen) atoms. The summed E-state index contributed by atoms with van der Waals surface area (Å²) in [6, 6.07) is 12.4. The van der Waals surface area contributed by atoms with Crippen LogP contribution in [-0.4, -0.2) is 66.5 Å². The first-order valence-electron chi connectivity index (χ1n) is 11.9. The van der Waals surface area contributed by atoms with Gasteiger partial charge >= 0.3 is 0 Å². The number of benzene rings is 2. The third-order valence-electron chi connectivity index (χ3n) is 6.20. The molecule has 2 aliphatic rings. The van der Waals surface area contributed by atoms with Crippen LogP contribution in [0, 0.1) is 5.82 Å². The summed E-state index contributed by atoms with van der Waals surface area (Å²) < 4.78 is 31.5. The zero-order valence-corrected chi connectivity index (χ0v) is 21.0. The van der Waals surface area contributed by atoms with Crippen molar-refractivity contribution in [3.05, 3.63) is 53.8 Å². The lowest BCUT2D eigenvalue weighted by molar-refractivity contribution is 0.0266. The van der Waals surface area contributed by atoms with Crippen molar-refractivity contribution in [2.24, 2.45) is 0 Å². The predicted molar refractivity (Wildman–Crippen MR) is 136 cm³/mol. The Kier molecular flexibility index (Phi) is 7.91. The molecule has 0 amide bonds. The number of hydrogen-bond donors (Lipinski definition) is 1. The lowest BCUT2D eigenvalue weighted by Gasteiger charge is -2.44. The van der Waals surface area contributed by atoms with E-state index in [4.69, 9.17) is 26.4 Å². The van der Waals surface area contributed by atoms with Gasteiger partial charge in [-0.2, -0.15) is 0 Å². The third-order valence-corrected chi connectivity index (χ3v) is 6.53. The van der Waals surface area contributed by atoms with Gasteiger partial charge in [-0.3, -0.25) is 4.90 Å². The molecule has 4 rings (SSSR count). The van der Waals surface area contributed by atoms with Crippen LogP contribution in [0.1, 0.15) is 38.8 Å². The molecule has 2 aromatic carbocycles. The van der Waals surface area contributed by atoms with Crippen molar-refractivity contribution < 1.29 is 18.6 Å². The van der Waals surface area contributed by atoms with Crippen LogP contribution >= 0.6 is 12.2 Å². The van der Waals surface area contributed by atoms with E-state index in [0.717, 1.165) is 62.9 Å². The van der Waals surface area contributed by atoms with E-state index in [0.29, 0.717) is 17.4 Å². The van der Waals surface area contributed by atoms with E-state index in [1.165, 1.54) is 12.1 Å². The van der Waals surface area contributed by atoms with Crippen LogP contribution in [0.2, 0.25) is 0 Å². The smallest absolute Gasteiger partial charge is 0.173 e. The highest BCUT2D eigenvalue weighted by Gasteiger charge is 2.38. The molecule has 0 spiro atoms. The fraction of sp³-hybridized carbons (Fsp3) is 0.500. The summed E-state index contributed by atoms with van der Waals surface area (Å²) in [5.41, 5.74) is 1.32. The number of thiocarbonyl (C=S) groups is 1. The van der Waals surface area contributed by atoms with Gasteiger partial charge in [0, 0.05) is 43.9 Å². The predicted octanol–water partition coefficient (Wildman–Crippen LogP) is 4.86. The molecular formula is C26H34FN3O3S. The molecule has 1 N–H and O–H groups in total. The van der Waals surface area contributed by atoms with E-state index >= 15 is 0 Å². The average molecular weight is 488 g/mol. The molecular weight excluding hydrogens is 453 g/mol. The number of fused-ring (bicyclic) bond motifs is 1. The Morgan fingerprint density at radius 2 is 2.03 bits per heavy atom. The second kappa shape index (κ2) is 10.9. The maximum Gasteiger partial charge on any atom is 0.173 e. The lowest BCUT2D eigenvalue weighted by atomic mass is 9.88. The van der Waals surface area contributed by atoms with E-state index in [9.17, 15) is 4.39 Å². The van der Waals surface area contributed by atoms with E-state index in [1.807, 2.05) is 25.1 Å². The highest BCUT2D eigenvalue weighted by Crippen LogP contribution is 2.44. The summed E-state index contributed by atoms with van der Waals surface area (Å²) in [6.45, 7) is 11.6. The minimum Gasteiger partial charge on any atom is -0.494 e. The number of morpholine rings is 1. The van der Waals surface area contributed by atoms with Crippen molar-refractivity contribution in [1.29, 1.82) is 0 Å². The first-order valence-corrected chi connectivity index (χ1v) is 12.3. The zero-order chi connectivity index (χ0) is 24.1. The Balaban J connectivity index is 1.64. The van der Waals surface area contributed by atoms with Crippen molar-refractivity contribution in [1.82, 2.24) is 9.80 Å². The van der Waals surface area contributed by atoms with Gasteiger partial charge in [0.15, 0.2) is 5.11 Å². The maximum absolute atomic E-state index is 13.8. The second-order valence-corrected chi connectivity index (χ2v) is 9.69. The number of hydrogen-bond acceptors (Lipinski definition) is 5. The van der Waals surface area contributed by atoms with Gasteiger partial charge in [-0.25, -0.2) is 4.39 Å². The fourth-order valence-electron chi connectivity index (χ4n) is 4.56. The first-order chi connectivity index (χ1) is 16.3. The van der Waals surface area contributed by atoms with Crippen LogP contribution in [0.15, 0.2) is 42.5 Å². The molecule has 0 aliphatic carbocycles. The van der Waals surface area contributed by atoms with Crippen LogP contribution in [0.3, 0.4) is 0 Å². The first kappa shape index (κ1) is 24.7. The third kappa shape index (κ3) is 6.17. The quantitative estimate of drug-likeness (QED) is 0.560. The number of nitrogens with zero attached hydrogens (tertiary/aromatic N) is 2. The summed E-state index contributed by atoms with van der Waals surface area (Å²) in [5.74, 6) is 1.35. The van der Waals surface area contributed by atoms with Crippen LogP contribution in [0.25, 0.3) is 0 Å². The monoisotopic (exact) mass is 487 g/mol. The molecule has 0 aromatic heterocycles. The Bertz CT molecular complexity index is 997. The molecule has 184 valence electrons. The Morgan fingerprint density at radius 1 is 1.24 bits per heavy atom. The van der Waals surface area contributed by atoms with Gasteiger partial charge in [0.25, 0.3) is 0 Å². The topological polar surface area (TPSA) is 46.2 Å². The van der Waals surface area contributed by atoms with Crippen LogP contribution in [0.4, 0.5) is 10.1 Å². The molecule has 1 fully saturated rings. The van der Waals surface area contributed by atoms with E-state index in [-0.39, 0.29) is 17.5 Å². The minimum absolute atomic E-state index is 0.0197. The van der Waals surface area contributed by atoms with Crippen molar-refractivity contribution in [2.75, 3.05) is 51.3 Å². The van der Waals surface area contributed by atoms with Gasteiger partial charge in [-0.1, -0.05) is 6.07 Å². The fourth-order valence-corrected chi connectivity index (χ4v) is 4.90. The normalized spacial score (nSPS) is 19.6. The van der Waals surface area contributed by atoms with Crippen LogP contribution < -0.4 is 14.8 Å². The maximum atomic E-state index is 13.8. The standard InChI is InChI=1S/C26H34FN3O3S/c1-4-32-21-8-9-24-22(17-21)23(18-26(2,3)33-24)30(11-10-29-12-14-31-15-13-29)25(34)28-20-7-5-6-19(27)16-20/h5-9,16-17,23H,4,10-15,18H2,1-3H3,(H,28,34)/t23-/m1/s1. The molecule has 0 radical (unpaired) electrons. The van der Waals surface area contributed by atoms with Crippen LogP contribution in [-0.2, 0) is 4.74 Å². The summed E-state index contributed by atoms with van der Waals surface area (Å²) in [4.78, 5) is 4.61. The van der Waals surface area contributed by atoms with Crippen molar-refractivity contribution in [3.8, 4) is 11.5 Å². The molecule has 0 saturated carbocycles. The van der Waals surface area contributed by atoms with Crippen molar-refractivity contribution >= 4 is 23.0 Å². The SMILES string of the molecule is CCOc1ccc2c(c1)[C@H](N(CCN1CCOCC1)C(=S)Nc1cccc(F)c1)CC(C)(C)O2. The van der Waals surface area contributed by atoms with E-state index in [2.05, 4.69) is 35.0 Å². The number of nitrogens with one attached hydrogen (secondary N) is 1. The van der Waals surface area contributed by atoms with Gasteiger partial charge < -0.3 is 24.4 Å². The lowest BCUT2D eigenvalue weighted by Crippen LogP contribution is -2.48. The molecule has 2 heterocycles. The van der Waals surface area contributed by atoms with Gasteiger partial charge in [0.05, 0.1) is 25.9 Å². The molecule has 1 saturated heterocycles. The van der Waals surface area contributed by atoms with Crippen LogP contribution in [0.5, 0.6) is 11.5 Å². The zero-order valence-electron chi connectivity index (χ0n) is 20.2. The number of anilines is 1. The highest BCUT2D eigenvalue weighted by molar-refractivity contribution is 7.80. The van der Waals surface area contributed by atoms with Gasteiger partial charge in [-0.05, 0) is 69.4 Å². The molecule has 0 unspecified atom stereocenters. The number of ether oxygens (including phenoxy) is 3.